The maximum absolute atomic E-state index is 3.60. The molecular formula is C15H21BrN2. The SMILES string of the molecule is CC1(C)CN(C2CCNCC2)c2ccc(Br)cc21. The van der Waals surface area contributed by atoms with E-state index in [9.17, 15) is 0 Å². The first-order chi connectivity index (χ1) is 8.58. The van der Waals surface area contributed by atoms with Crippen molar-refractivity contribution in [1.29, 1.82) is 0 Å². The molecule has 0 unspecified atom stereocenters. The maximum Gasteiger partial charge on any atom is 0.0408 e. The molecule has 0 radical (unpaired) electrons. The quantitative estimate of drug-likeness (QED) is 0.856. The average molecular weight is 309 g/mol. The van der Waals surface area contributed by atoms with E-state index in [1.807, 2.05) is 0 Å². The van der Waals surface area contributed by atoms with Crippen molar-refractivity contribution in [3.8, 4) is 0 Å². The summed E-state index contributed by atoms with van der Waals surface area (Å²) in [6.45, 7) is 8.20. The van der Waals surface area contributed by atoms with Crippen LogP contribution in [0.1, 0.15) is 32.3 Å². The maximum atomic E-state index is 3.60. The summed E-state index contributed by atoms with van der Waals surface area (Å²) in [4.78, 5) is 2.64. The van der Waals surface area contributed by atoms with E-state index >= 15 is 0 Å². The van der Waals surface area contributed by atoms with E-state index in [0.717, 1.165) is 19.6 Å². The Bertz CT molecular complexity index is 450. The van der Waals surface area contributed by atoms with Gasteiger partial charge in [-0.25, -0.2) is 0 Å². The zero-order chi connectivity index (χ0) is 12.8. The molecule has 2 heterocycles. The fraction of sp³-hybridized carbons (Fsp3) is 0.600. The summed E-state index contributed by atoms with van der Waals surface area (Å²) in [6, 6.07) is 7.48. The van der Waals surface area contributed by atoms with Gasteiger partial charge in [0.2, 0.25) is 0 Å². The van der Waals surface area contributed by atoms with Crippen LogP contribution in [0, 0.1) is 0 Å². The number of fused-ring (bicyclic) bond motifs is 1. The molecule has 2 aliphatic heterocycles. The lowest BCUT2D eigenvalue weighted by molar-refractivity contribution is 0.415. The molecule has 0 amide bonds. The smallest absolute Gasteiger partial charge is 0.0408 e. The lowest BCUT2D eigenvalue weighted by atomic mass is 9.87. The number of anilines is 1. The molecule has 3 heteroatoms. The molecule has 1 aromatic carbocycles. The number of hydrogen-bond donors (Lipinski definition) is 1. The molecule has 0 aromatic heterocycles. The van der Waals surface area contributed by atoms with Gasteiger partial charge in [-0.15, -0.1) is 0 Å². The van der Waals surface area contributed by atoms with Gasteiger partial charge in [0.1, 0.15) is 0 Å². The second kappa shape index (κ2) is 4.53. The Labute approximate surface area is 118 Å². The third kappa shape index (κ3) is 2.08. The Morgan fingerprint density at radius 2 is 2.00 bits per heavy atom. The molecule has 1 fully saturated rings. The Morgan fingerprint density at radius 1 is 1.28 bits per heavy atom. The van der Waals surface area contributed by atoms with Gasteiger partial charge < -0.3 is 10.2 Å². The largest absolute Gasteiger partial charge is 0.367 e. The molecule has 0 spiro atoms. The van der Waals surface area contributed by atoms with Crippen LogP contribution in [0.2, 0.25) is 0 Å². The summed E-state index contributed by atoms with van der Waals surface area (Å²) in [5.41, 5.74) is 3.22. The molecule has 0 atom stereocenters. The Hall–Kier alpha value is -0.540. The highest BCUT2D eigenvalue weighted by molar-refractivity contribution is 9.10. The van der Waals surface area contributed by atoms with E-state index in [1.165, 1.54) is 28.6 Å². The lowest BCUT2D eigenvalue weighted by Crippen LogP contribution is -2.44. The number of nitrogens with zero attached hydrogens (tertiary/aromatic N) is 1. The first-order valence-electron chi connectivity index (χ1n) is 6.85. The van der Waals surface area contributed by atoms with E-state index in [2.05, 4.69) is 58.2 Å². The zero-order valence-corrected chi connectivity index (χ0v) is 12.8. The summed E-state index contributed by atoms with van der Waals surface area (Å²) in [5, 5.41) is 3.46. The highest BCUT2D eigenvalue weighted by Gasteiger charge is 2.38. The second-order valence-corrected chi connectivity index (χ2v) is 7.07. The van der Waals surface area contributed by atoms with Crippen molar-refractivity contribution in [2.45, 2.75) is 38.1 Å². The van der Waals surface area contributed by atoms with Crippen LogP contribution in [0.4, 0.5) is 5.69 Å². The number of nitrogens with one attached hydrogen (secondary N) is 1. The first-order valence-corrected chi connectivity index (χ1v) is 7.65. The van der Waals surface area contributed by atoms with Gasteiger partial charge in [-0.05, 0) is 49.7 Å². The molecule has 1 saturated heterocycles. The van der Waals surface area contributed by atoms with E-state index in [0.29, 0.717) is 6.04 Å². The number of rotatable bonds is 1. The monoisotopic (exact) mass is 308 g/mol. The summed E-state index contributed by atoms with van der Waals surface area (Å²) in [7, 11) is 0. The van der Waals surface area contributed by atoms with Crippen molar-refractivity contribution in [3.05, 3.63) is 28.2 Å². The van der Waals surface area contributed by atoms with Crippen LogP contribution in [0.15, 0.2) is 22.7 Å². The highest BCUT2D eigenvalue weighted by Crippen LogP contribution is 2.43. The van der Waals surface area contributed by atoms with Crippen molar-refractivity contribution in [3.63, 3.8) is 0 Å². The molecular weight excluding hydrogens is 288 g/mol. The van der Waals surface area contributed by atoms with Crippen LogP contribution < -0.4 is 10.2 Å². The van der Waals surface area contributed by atoms with E-state index in [-0.39, 0.29) is 5.41 Å². The summed E-state index contributed by atoms with van der Waals surface area (Å²) in [5.74, 6) is 0. The molecule has 1 aromatic rings. The number of piperidine rings is 1. The number of hydrogen-bond acceptors (Lipinski definition) is 2. The van der Waals surface area contributed by atoms with Gasteiger partial charge in [-0.3, -0.25) is 0 Å². The Morgan fingerprint density at radius 3 is 2.72 bits per heavy atom. The van der Waals surface area contributed by atoms with E-state index in [1.54, 1.807) is 0 Å². The Balaban J connectivity index is 1.96. The molecule has 0 saturated carbocycles. The van der Waals surface area contributed by atoms with Crippen molar-refractivity contribution < 1.29 is 0 Å². The predicted octanol–water partition coefficient (Wildman–Crippen LogP) is 3.30. The standard InChI is InChI=1S/C15H21BrN2/c1-15(2)10-18(12-5-7-17-8-6-12)14-4-3-11(16)9-13(14)15/h3-4,9,12,17H,5-8,10H2,1-2H3. The molecule has 2 aliphatic rings. The van der Waals surface area contributed by atoms with E-state index in [4.69, 9.17) is 0 Å². The van der Waals surface area contributed by atoms with Crippen molar-refractivity contribution in [1.82, 2.24) is 5.32 Å². The van der Waals surface area contributed by atoms with Gasteiger partial charge in [-0.1, -0.05) is 29.8 Å². The lowest BCUT2D eigenvalue weighted by Gasteiger charge is -2.34. The minimum atomic E-state index is 0.268. The molecule has 3 rings (SSSR count). The van der Waals surface area contributed by atoms with Gasteiger partial charge in [0.25, 0.3) is 0 Å². The van der Waals surface area contributed by atoms with Crippen LogP contribution in [0.3, 0.4) is 0 Å². The Kier molecular flexibility index (Phi) is 3.15. The summed E-state index contributed by atoms with van der Waals surface area (Å²) in [6.07, 6.45) is 2.54. The minimum Gasteiger partial charge on any atom is -0.367 e. The van der Waals surface area contributed by atoms with Crippen LogP contribution in [0.25, 0.3) is 0 Å². The third-order valence-corrected chi connectivity index (χ3v) is 4.81. The molecule has 2 nitrogen and oxygen atoms in total. The summed E-state index contributed by atoms with van der Waals surface area (Å²) < 4.78 is 1.20. The van der Waals surface area contributed by atoms with Gasteiger partial charge in [0, 0.05) is 28.2 Å². The molecule has 18 heavy (non-hydrogen) atoms. The van der Waals surface area contributed by atoms with Crippen LogP contribution in [-0.4, -0.2) is 25.7 Å². The van der Waals surface area contributed by atoms with Gasteiger partial charge in [-0.2, -0.15) is 0 Å². The number of benzene rings is 1. The topological polar surface area (TPSA) is 15.3 Å². The predicted molar refractivity (Wildman–Crippen MR) is 80.4 cm³/mol. The average Bonchev–Trinajstić information content (AvgIpc) is 2.63. The van der Waals surface area contributed by atoms with Gasteiger partial charge in [0.15, 0.2) is 0 Å². The van der Waals surface area contributed by atoms with Crippen molar-refractivity contribution in [2.24, 2.45) is 0 Å². The molecule has 0 aliphatic carbocycles. The van der Waals surface area contributed by atoms with Gasteiger partial charge in [0.05, 0.1) is 0 Å². The van der Waals surface area contributed by atoms with Crippen LogP contribution in [-0.2, 0) is 5.41 Å². The minimum absolute atomic E-state index is 0.268. The van der Waals surface area contributed by atoms with Crippen molar-refractivity contribution in [2.75, 3.05) is 24.5 Å². The van der Waals surface area contributed by atoms with Crippen LogP contribution in [0.5, 0.6) is 0 Å². The molecule has 0 bridgehead atoms. The number of halogens is 1. The fourth-order valence-electron chi connectivity index (χ4n) is 3.34. The van der Waals surface area contributed by atoms with E-state index < -0.39 is 0 Å². The normalized spacial score (nSPS) is 23.2. The first kappa shape index (κ1) is 12.5. The third-order valence-electron chi connectivity index (χ3n) is 4.31. The molecule has 1 N–H and O–H groups in total. The second-order valence-electron chi connectivity index (χ2n) is 6.15. The zero-order valence-electron chi connectivity index (χ0n) is 11.2. The van der Waals surface area contributed by atoms with Crippen molar-refractivity contribution >= 4 is 21.6 Å². The highest BCUT2D eigenvalue weighted by atomic mass is 79.9. The summed E-state index contributed by atoms with van der Waals surface area (Å²) >= 11 is 3.60. The molecule has 98 valence electrons. The van der Waals surface area contributed by atoms with Crippen LogP contribution >= 0.6 is 15.9 Å². The fourth-order valence-corrected chi connectivity index (χ4v) is 3.70. The van der Waals surface area contributed by atoms with Gasteiger partial charge >= 0.3 is 0 Å².